The first kappa shape index (κ1) is 9.46. The number of fused-ring (bicyclic) bond motifs is 1. The molecule has 0 fully saturated rings. The lowest BCUT2D eigenvalue weighted by Gasteiger charge is -2.13. The van der Waals surface area contributed by atoms with Crippen LogP contribution < -0.4 is 10.9 Å². The monoisotopic (exact) mass is 192 g/mol. The van der Waals surface area contributed by atoms with Crippen LogP contribution in [0.1, 0.15) is 19.0 Å². The average molecular weight is 192 g/mol. The lowest BCUT2D eigenvalue weighted by molar-refractivity contribution is 0.424. The van der Waals surface area contributed by atoms with Crippen LogP contribution >= 0.6 is 0 Å². The summed E-state index contributed by atoms with van der Waals surface area (Å²) >= 11 is 0. The van der Waals surface area contributed by atoms with Crippen LogP contribution in [0.15, 0.2) is 23.0 Å². The van der Waals surface area contributed by atoms with Crippen molar-refractivity contribution in [2.45, 2.75) is 26.4 Å². The van der Waals surface area contributed by atoms with Gasteiger partial charge in [0, 0.05) is 31.4 Å². The normalized spacial score (nSPS) is 21.4. The molecule has 0 saturated carbocycles. The average Bonchev–Trinajstić information content (AvgIpc) is 2.40. The molecular formula is C11H16N2O. The molecule has 3 nitrogen and oxygen atoms in total. The van der Waals surface area contributed by atoms with Crippen molar-refractivity contribution in [2.75, 3.05) is 6.54 Å². The Hall–Kier alpha value is -1.09. The van der Waals surface area contributed by atoms with Gasteiger partial charge in [-0.25, -0.2) is 0 Å². The highest BCUT2D eigenvalue weighted by atomic mass is 16.1. The van der Waals surface area contributed by atoms with Crippen molar-refractivity contribution in [3.8, 4) is 0 Å². The van der Waals surface area contributed by atoms with Gasteiger partial charge < -0.3 is 9.88 Å². The van der Waals surface area contributed by atoms with Crippen molar-refractivity contribution < 1.29 is 0 Å². The molecule has 1 aliphatic rings. The van der Waals surface area contributed by atoms with Crippen LogP contribution in [0.5, 0.6) is 0 Å². The molecular weight excluding hydrogens is 176 g/mol. The van der Waals surface area contributed by atoms with Gasteiger partial charge in [0.15, 0.2) is 0 Å². The zero-order chi connectivity index (χ0) is 9.97. The molecule has 0 aromatic carbocycles. The second kappa shape index (κ2) is 3.96. The van der Waals surface area contributed by atoms with E-state index in [4.69, 9.17) is 0 Å². The molecule has 2 heterocycles. The van der Waals surface area contributed by atoms with E-state index < -0.39 is 0 Å². The summed E-state index contributed by atoms with van der Waals surface area (Å²) in [5.41, 5.74) is 1.23. The summed E-state index contributed by atoms with van der Waals surface area (Å²) in [4.78, 5) is 11.6. The second-order valence-corrected chi connectivity index (χ2v) is 3.87. The quantitative estimate of drug-likeness (QED) is 0.719. The molecule has 0 amide bonds. The van der Waals surface area contributed by atoms with Crippen LogP contribution in [0.3, 0.4) is 0 Å². The molecule has 1 atom stereocenters. The molecule has 76 valence electrons. The minimum Gasteiger partial charge on any atom is -0.311 e. The molecule has 0 spiro atoms. The van der Waals surface area contributed by atoms with E-state index in [-0.39, 0.29) is 5.56 Å². The Morgan fingerprint density at radius 2 is 2.43 bits per heavy atom. The topological polar surface area (TPSA) is 34.0 Å². The summed E-state index contributed by atoms with van der Waals surface area (Å²) in [7, 11) is 0. The van der Waals surface area contributed by atoms with Crippen molar-refractivity contribution >= 4 is 0 Å². The molecule has 0 radical (unpaired) electrons. The third-order valence-electron chi connectivity index (χ3n) is 2.90. The number of nitrogens with zero attached hydrogens (tertiary/aromatic N) is 1. The fraction of sp³-hybridized carbons (Fsp3) is 0.545. The number of hydrogen-bond donors (Lipinski definition) is 1. The zero-order valence-corrected chi connectivity index (χ0v) is 8.49. The van der Waals surface area contributed by atoms with E-state index in [0.717, 1.165) is 31.7 Å². The van der Waals surface area contributed by atoms with Gasteiger partial charge in [-0.2, -0.15) is 0 Å². The van der Waals surface area contributed by atoms with Crippen LogP contribution in [-0.4, -0.2) is 11.1 Å². The van der Waals surface area contributed by atoms with Crippen molar-refractivity contribution in [3.63, 3.8) is 0 Å². The van der Waals surface area contributed by atoms with Crippen molar-refractivity contribution in [1.82, 2.24) is 9.88 Å². The molecule has 0 saturated heterocycles. The summed E-state index contributed by atoms with van der Waals surface area (Å²) in [5, 5.41) is 3.37. The van der Waals surface area contributed by atoms with E-state index in [1.165, 1.54) is 0 Å². The van der Waals surface area contributed by atoms with Gasteiger partial charge >= 0.3 is 0 Å². The largest absolute Gasteiger partial charge is 0.311 e. The molecule has 1 aromatic heterocycles. The van der Waals surface area contributed by atoms with Crippen molar-refractivity contribution in [3.05, 3.63) is 34.2 Å². The number of nitrogens with one attached hydrogen (secondary N) is 1. The van der Waals surface area contributed by atoms with Crippen molar-refractivity contribution in [2.24, 2.45) is 5.92 Å². The summed E-state index contributed by atoms with van der Waals surface area (Å²) in [5.74, 6) is 0.580. The Morgan fingerprint density at radius 1 is 1.57 bits per heavy atom. The van der Waals surface area contributed by atoms with E-state index >= 15 is 0 Å². The standard InChI is InChI=1S/C11H16N2O/c1-2-9-6-12-7-10-4-3-5-11(14)13(10)8-9/h3-5,9,12H,2,6-8H2,1H3. The third-order valence-corrected chi connectivity index (χ3v) is 2.90. The fourth-order valence-corrected chi connectivity index (χ4v) is 1.93. The minimum absolute atomic E-state index is 0.129. The maximum Gasteiger partial charge on any atom is 0.250 e. The SMILES string of the molecule is CCC1CNCc2cccc(=O)n2C1. The molecule has 0 aliphatic carbocycles. The third kappa shape index (κ3) is 1.73. The minimum atomic E-state index is 0.129. The lowest BCUT2D eigenvalue weighted by Crippen LogP contribution is -2.24. The van der Waals surface area contributed by atoms with Crippen LogP contribution in [-0.2, 0) is 13.1 Å². The molecule has 2 rings (SSSR count). The van der Waals surface area contributed by atoms with Gasteiger partial charge in [-0.15, -0.1) is 0 Å². The Morgan fingerprint density at radius 3 is 3.21 bits per heavy atom. The molecule has 1 aromatic rings. The maximum absolute atomic E-state index is 11.6. The summed E-state index contributed by atoms with van der Waals surface area (Å²) in [6, 6.07) is 5.50. The number of aromatic nitrogens is 1. The van der Waals surface area contributed by atoms with Crippen LogP contribution in [0.2, 0.25) is 0 Å². The van der Waals surface area contributed by atoms with Gasteiger partial charge in [0.2, 0.25) is 0 Å². The maximum atomic E-state index is 11.6. The Balaban J connectivity index is 2.38. The summed E-state index contributed by atoms with van der Waals surface area (Å²) in [6.07, 6.45) is 1.12. The smallest absolute Gasteiger partial charge is 0.250 e. The molecule has 0 bridgehead atoms. The van der Waals surface area contributed by atoms with Gasteiger partial charge in [0.1, 0.15) is 0 Å². The Kier molecular flexibility index (Phi) is 2.68. The fourth-order valence-electron chi connectivity index (χ4n) is 1.93. The van der Waals surface area contributed by atoms with E-state index in [1.54, 1.807) is 6.07 Å². The Labute approximate surface area is 83.8 Å². The van der Waals surface area contributed by atoms with E-state index in [2.05, 4.69) is 12.2 Å². The molecule has 3 heteroatoms. The first-order valence-corrected chi connectivity index (χ1v) is 5.20. The highest BCUT2D eigenvalue weighted by Crippen LogP contribution is 2.10. The number of pyridine rings is 1. The zero-order valence-electron chi connectivity index (χ0n) is 8.49. The van der Waals surface area contributed by atoms with E-state index in [9.17, 15) is 4.79 Å². The molecule has 1 aliphatic heterocycles. The van der Waals surface area contributed by atoms with E-state index in [1.807, 2.05) is 16.7 Å². The van der Waals surface area contributed by atoms with Gasteiger partial charge in [-0.05, 0) is 12.0 Å². The van der Waals surface area contributed by atoms with Gasteiger partial charge in [0.05, 0.1) is 0 Å². The molecule has 1 unspecified atom stereocenters. The molecule has 1 N–H and O–H groups in total. The first-order chi connectivity index (χ1) is 6.81. The second-order valence-electron chi connectivity index (χ2n) is 3.87. The van der Waals surface area contributed by atoms with Gasteiger partial charge in [-0.3, -0.25) is 4.79 Å². The summed E-state index contributed by atoms with van der Waals surface area (Å²) < 4.78 is 1.90. The predicted molar refractivity (Wildman–Crippen MR) is 56.2 cm³/mol. The van der Waals surface area contributed by atoms with Gasteiger partial charge in [0.25, 0.3) is 5.56 Å². The highest BCUT2D eigenvalue weighted by molar-refractivity contribution is 5.07. The first-order valence-electron chi connectivity index (χ1n) is 5.20. The van der Waals surface area contributed by atoms with E-state index in [0.29, 0.717) is 5.92 Å². The van der Waals surface area contributed by atoms with Gasteiger partial charge in [-0.1, -0.05) is 19.4 Å². The predicted octanol–water partition coefficient (Wildman–Crippen LogP) is 0.978. The summed E-state index contributed by atoms with van der Waals surface area (Å²) in [6.45, 7) is 4.86. The lowest BCUT2D eigenvalue weighted by atomic mass is 10.1. The van der Waals surface area contributed by atoms with Crippen LogP contribution in [0.25, 0.3) is 0 Å². The Bertz CT molecular complexity index is 370. The van der Waals surface area contributed by atoms with Crippen molar-refractivity contribution in [1.29, 1.82) is 0 Å². The number of hydrogen-bond acceptors (Lipinski definition) is 2. The highest BCUT2D eigenvalue weighted by Gasteiger charge is 2.14. The van der Waals surface area contributed by atoms with Crippen LogP contribution in [0.4, 0.5) is 0 Å². The van der Waals surface area contributed by atoms with Crippen LogP contribution in [0, 0.1) is 5.92 Å². The molecule has 14 heavy (non-hydrogen) atoms. The number of rotatable bonds is 1.